The topological polar surface area (TPSA) is 166 Å². The summed E-state index contributed by atoms with van der Waals surface area (Å²) in [6.45, 7) is 2.54. The minimum Gasteiger partial charge on any atom is -0.504 e. The summed E-state index contributed by atoms with van der Waals surface area (Å²) in [6, 6.07) is 18.7. The van der Waals surface area contributed by atoms with E-state index in [4.69, 9.17) is 10.5 Å². The van der Waals surface area contributed by atoms with Gasteiger partial charge in [-0.05, 0) is 183 Å². The van der Waals surface area contributed by atoms with Crippen LogP contribution in [-0.4, -0.2) is 78.9 Å². The van der Waals surface area contributed by atoms with E-state index in [0.717, 1.165) is 65.4 Å². The van der Waals surface area contributed by atoms with Crippen molar-refractivity contribution >= 4 is 22.3 Å². The second-order valence-corrected chi connectivity index (χ2v) is 22.1. The molecule has 68 heavy (non-hydrogen) atoms. The molecule has 0 amide bonds. The van der Waals surface area contributed by atoms with Crippen LogP contribution in [0.2, 0.25) is 0 Å². The van der Waals surface area contributed by atoms with Crippen molar-refractivity contribution in [2.45, 2.75) is 133 Å². The first kappa shape index (κ1) is 47.0. The van der Waals surface area contributed by atoms with Crippen molar-refractivity contribution in [3.05, 3.63) is 94.8 Å². The van der Waals surface area contributed by atoms with E-state index in [0.29, 0.717) is 111 Å². The van der Waals surface area contributed by atoms with E-state index in [1.54, 1.807) is 6.07 Å². The summed E-state index contributed by atoms with van der Waals surface area (Å²) in [7, 11) is 3.62. The molecule has 4 saturated carbocycles. The van der Waals surface area contributed by atoms with Crippen LogP contribution in [0, 0.1) is 58.2 Å². The van der Waals surface area contributed by atoms with E-state index >= 15 is 0 Å². The van der Waals surface area contributed by atoms with Gasteiger partial charge in [0.1, 0.15) is 11.2 Å². The van der Waals surface area contributed by atoms with E-state index in [1.165, 1.54) is 32.8 Å². The molecule has 5 fully saturated rings. The highest BCUT2D eigenvalue weighted by Crippen LogP contribution is 2.65. The summed E-state index contributed by atoms with van der Waals surface area (Å²) in [4.78, 5) is 27.4. The molecular weight excluding hydrogens is 849 g/mol. The lowest BCUT2D eigenvalue weighted by molar-refractivity contribution is -0.148. The van der Waals surface area contributed by atoms with Crippen molar-refractivity contribution in [2.24, 2.45) is 52.1 Å². The third-order valence-corrected chi connectivity index (χ3v) is 18.6. The van der Waals surface area contributed by atoms with Crippen molar-refractivity contribution in [3.8, 4) is 23.3 Å². The molecular formula is C58H74N4O6. The fourth-order valence-electron chi connectivity index (χ4n) is 15.6. The number of phenolic OH excluding ortho intramolecular Hbond substituents is 1. The molecule has 3 aromatic rings. The first-order valence-corrected chi connectivity index (χ1v) is 26.1. The summed E-state index contributed by atoms with van der Waals surface area (Å²) in [6.07, 6.45) is 15.0. The maximum Gasteiger partial charge on any atom is 0.160 e. The van der Waals surface area contributed by atoms with Gasteiger partial charge in [-0.15, -0.1) is 0 Å². The van der Waals surface area contributed by atoms with E-state index in [2.05, 4.69) is 71.2 Å². The number of carbonyl (C=O) groups excluding carboxylic acids is 2. The number of rotatable bonds is 11. The number of Topliss-reactive ketones (excluding diaryl/α,β-unsaturated/α-hetero) is 2. The van der Waals surface area contributed by atoms with Gasteiger partial charge in [0.2, 0.25) is 0 Å². The Morgan fingerprint density at radius 2 is 1.81 bits per heavy atom. The number of piperidine rings is 1. The number of nitrogens with one attached hydrogen (secondary N) is 3. The average Bonchev–Trinajstić information content (AvgIpc) is 3.83. The number of carbonyl (C=O) groups is 2. The first-order chi connectivity index (χ1) is 33.0. The smallest absolute Gasteiger partial charge is 0.160 e. The van der Waals surface area contributed by atoms with Crippen LogP contribution in [0.25, 0.3) is 10.8 Å². The zero-order valence-electron chi connectivity index (χ0n) is 40.3. The molecule has 2 heterocycles. The molecule has 0 radical (unpaired) electrons. The van der Waals surface area contributed by atoms with Crippen LogP contribution in [0.3, 0.4) is 0 Å². The Balaban J connectivity index is 0.927. The summed E-state index contributed by atoms with van der Waals surface area (Å²) in [5.41, 5.74) is 9.22. The number of nitrogens with two attached hydrogens (primary N) is 1. The highest BCUT2D eigenvalue weighted by Gasteiger charge is 2.62. The number of methoxy groups -OCH3 is 1. The highest BCUT2D eigenvalue weighted by molar-refractivity contribution is 5.89. The quantitative estimate of drug-likeness (QED) is 0.0940. The molecule has 3 aromatic carbocycles. The van der Waals surface area contributed by atoms with Crippen LogP contribution in [-0.2, 0) is 16.0 Å². The second kappa shape index (κ2) is 19.6. The summed E-state index contributed by atoms with van der Waals surface area (Å²) >= 11 is 0. The van der Waals surface area contributed by atoms with Crippen molar-refractivity contribution in [1.82, 2.24) is 16.0 Å². The molecule has 7 aliphatic rings. The Morgan fingerprint density at radius 3 is 2.59 bits per heavy atom. The highest BCUT2D eigenvalue weighted by atomic mass is 16.5. The van der Waals surface area contributed by atoms with Crippen molar-refractivity contribution in [1.29, 1.82) is 0 Å². The van der Waals surface area contributed by atoms with Crippen LogP contribution < -0.4 is 26.4 Å². The summed E-state index contributed by atoms with van der Waals surface area (Å²) in [5, 5.41) is 48.9. The van der Waals surface area contributed by atoms with Gasteiger partial charge in [0, 0.05) is 43.7 Å². The Morgan fingerprint density at radius 1 is 0.985 bits per heavy atom. The molecule has 12 atom stereocenters. The fraction of sp³-hybridized carbons (Fsp3) is 0.586. The van der Waals surface area contributed by atoms with Gasteiger partial charge in [-0.3, -0.25) is 9.59 Å². The van der Waals surface area contributed by atoms with Gasteiger partial charge in [0.25, 0.3) is 0 Å². The monoisotopic (exact) mass is 923 g/mol. The van der Waals surface area contributed by atoms with E-state index in [9.17, 15) is 24.9 Å². The molecule has 5 aliphatic carbocycles. The van der Waals surface area contributed by atoms with Gasteiger partial charge in [0.15, 0.2) is 17.3 Å². The van der Waals surface area contributed by atoms with Crippen LogP contribution in [0.15, 0.2) is 78.1 Å². The molecule has 2 aliphatic heterocycles. The maximum atomic E-state index is 14.8. The lowest BCUT2D eigenvalue weighted by atomic mass is 9.44. The number of aromatic hydroxyl groups is 1. The number of hydrogen-bond donors (Lipinski definition) is 7. The molecule has 2 spiro atoms. The number of dihydropyridines is 1. The number of aliphatic hydroxyl groups is 2. The van der Waals surface area contributed by atoms with Crippen LogP contribution in [0.1, 0.15) is 125 Å². The number of aliphatic hydroxyl groups excluding tert-OH is 2. The molecule has 0 bridgehead atoms. The largest absolute Gasteiger partial charge is 0.504 e. The van der Waals surface area contributed by atoms with Gasteiger partial charge < -0.3 is 41.7 Å². The Kier molecular flexibility index (Phi) is 13.6. The van der Waals surface area contributed by atoms with Crippen LogP contribution in [0.5, 0.6) is 11.5 Å². The van der Waals surface area contributed by atoms with Gasteiger partial charge in [0.05, 0.1) is 25.1 Å². The summed E-state index contributed by atoms with van der Waals surface area (Å²) < 4.78 is 5.58. The first-order valence-electron chi connectivity index (χ1n) is 26.1. The standard InChI is InChI=1S/C58H74N4O6/c1-60-33-42-26-48-45-15-14-44(64)31-50(45)62-34-49(48)57(20-5-6-21-57)56(42)41-18-23-58(54(67)28-41)22-17-36(47-32-51(65)52(68-2)27-39(47)12-16-53(58)66)11-13-43(63)30-46(40-19-24-61-55(59)29-40)38-10-9-35-7-3-4-8-37(35)25-38/h3-4,7-10,19,25,27,29,32,36,41-43,45-46,48-50,54,56,60-63,65,67H,5-6,11-16,18,20-21,23-24,26,28,30-31,33-34,59H2,1-2H3/t36-,41-,42+,43-,45+,46-,48+,49-,50+,54+,56+,58-/m0/s1. The van der Waals surface area contributed by atoms with Gasteiger partial charge in [-0.2, -0.15) is 0 Å². The molecule has 0 unspecified atom stereocenters. The van der Waals surface area contributed by atoms with Crippen molar-refractivity contribution in [2.75, 3.05) is 33.8 Å². The van der Waals surface area contributed by atoms with E-state index < -0.39 is 23.5 Å². The SMILES string of the molecule is CNC[C@H]1C[C@@H]2[C@H]3CCC(=O)C[C@H]3NC[C@@H]2C2(CCCC2)[C@@H]1[C@H]1CC[C@]2(C#C[C@H](CC[C@H](O)C[C@H](C3=CCNC(N)=C3)c3ccc4ccccc4c3)c3cc(O)c(OC)cc3CCC2=O)[C@H](O)C1. The molecule has 10 rings (SSSR count). The number of hydrogen-bond acceptors (Lipinski definition) is 10. The normalized spacial score (nSPS) is 33.0. The third kappa shape index (κ3) is 8.80. The minimum atomic E-state index is -1.19. The van der Waals surface area contributed by atoms with Crippen LogP contribution >= 0.6 is 0 Å². The minimum absolute atomic E-state index is 0.00383. The average molecular weight is 923 g/mol. The summed E-state index contributed by atoms with van der Waals surface area (Å²) in [5.74, 6) is 10.9. The number of allylic oxidation sites excluding steroid dienone is 2. The number of fused-ring (bicyclic) bond motifs is 6. The Hall–Kier alpha value is -4.66. The predicted molar refractivity (Wildman–Crippen MR) is 267 cm³/mol. The number of aryl methyl sites for hydroxylation is 1. The third-order valence-electron chi connectivity index (χ3n) is 18.6. The lowest BCUT2D eigenvalue weighted by Gasteiger charge is -2.63. The predicted octanol–water partition coefficient (Wildman–Crippen LogP) is 7.94. The molecule has 0 aromatic heterocycles. The molecule has 10 nitrogen and oxygen atoms in total. The van der Waals surface area contributed by atoms with Gasteiger partial charge in [-0.1, -0.05) is 73.2 Å². The Labute approximate surface area is 403 Å². The Bertz CT molecular complexity index is 2500. The van der Waals surface area contributed by atoms with E-state index in [1.807, 2.05) is 24.3 Å². The fourth-order valence-corrected chi connectivity index (χ4v) is 15.6. The molecule has 8 N–H and O–H groups in total. The number of ether oxygens (including phenoxy) is 1. The van der Waals surface area contributed by atoms with Gasteiger partial charge >= 0.3 is 0 Å². The zero-order chi connectivity index (χ0) is 47.2. The number of benzene rings is 3. The number of ketones is 2. The van der Waals surface area contributed by atoms with Crippen molar-refractivity contribution in [3.63, 3.8) is 0 Å². The van der Waals surface area contributed by atoms with Gasteiger partial charge in [-0.25, -0.2) is 0 Å². The lowest BCUT2D eigenvalue weighted by Crippen LogP contribution is -2.64. The van der Waals surface area contributed by atoms with Crippen LogP contribution in [0.4, 0.5) is 0 Å². The zero-order valence-corrected chi connectivity index (χ0v) is 40.3. The van der Waals surface area contributed by atoms with E-state index in [-0.39, 0.29) is 35.2 Å². The maximum absolute atomic E-state index is 14.8. The van der Waals surface area contributed by atoms with Crippen molar-refractivity contribution < 1.29 is 29.6 Å². The molecule has 362 valence electrons. The number of phenols is 1. The molecule has 1 saturated heterocycles. The second-order valence-electron chi connectivity index (χ2n) is 22.1. The molecule has 10 heteroatoms.